The zero-order chi connectivity index (χ0) is 25.1. The van der Waals surface area contributed by atoms with E-state index < -0.39 is 35.1 Å². The van der Waals surface area contributed by atoms with E-state index in [0.29, 0.717) is 23.7 Å². The van der Waals surface area contributed by atoms with Crippen molar-refractivity contribution in [3.63, 3.8) is 0 Å². The van der Waals surface area contributed by atoms with Gasteiger partial charge in [-0.15, -0.1) is 0 Å². The highest BCUT2D eigenvalue weighted by Crippen LogP contribution is 2.59. The average Bonchev–Trinajstić information content (AvgIpc) is 3.16. The maximum atomic E-state index is 14.3. The van der Waals surface area contributed by atoms with Crippen LogP contribution in [0, 0.1) is 11.8 Å². The molecule has 1 aromatic carbocycles. The van der Waals surface area contributed by atoms with Crippen molar-refractivity contribution in [2.24, 2.45) is 11.8 Å². The van der Waals surface area contributed by atoms with Crippen LogP contribution < -0.4 is 4.90 Å². The number of hydrogen-bond donors (Lipinski definition) is 1. The highest BCUT2D eigenvalue weighted by atomic mass is 35.5. The number of carbonyl (C=O) groups excluding carboxylic acids is 3. The Morgan fingerprint density at radius 1 is 1.09 bits per heavy atom. The number of aliphatic hydroxyl groups is 1. The Hall–Kier alpha value is -2.68. The number of likely N-dealkylation sites (tertiary alicyclic amines) is 1. The van der Waals surface area contributed by atoms with Gasteiger partial charge in [-0.25, -0.2) is 0 Å². The van der Waals surface area contributed by atoms with Crippen molar-refractivity contribution in [3.8, 4) is 0 Å². The van der Waals surface area contributed by atoms with Gasteiger partial charge in [-0.3, -0.25) is 14.4 Å². The highest BCUT2D eigenvalue weighted by Gasteiger charge is 2.75. The van der Waals surface area contributed by atoms with Crippen LogP contribution in [0.2, 0.25) is 5.02 Å². The molecule has 35 heavy (non-hydrogen) atoms. The quantitative estimate of drug-likeness (QED) is 0.640. The Morgan fingerprint density at radius 2 is 1.80 bits per heavy atom. The summed E-state index contributed by atoms with van der Waals surface area (Å²) >= 11 is 6.45. The predicted octanol–water partition coefficient (Wildman–Crippen LogP) is 2.01. The van der Waals surface area contributed by atoms with Gasteiger partial charge in [0.25, 0.3) is 5.91 Å². The monoisotopic (exact) mass is 499 g/mol. The molecule has 0 radical (unpaired) electrons. The third-order valence-electron chi connectivity index (χ3n) is 7.96. The molecule has 1 unspecified atom stereocenters. The molecule has 0 bridgehead atoms. The summed E-state index contributed by atoms with van der Waals surface area (Å²) < 4.78 is 6.83. The Morgan fingerprint density at radius 3 is 2.49 bits per heavy atom. The molecule has 0 aromatic heterocycles. The summed E-state index contributed by atoms with van der Waals surface area (Å²) in [5.74, 6) is -2.57. The molecule has 5 rings (SSSR count). The molecular weight excluding hydrogens is 470 g/mol. The van der Waals surface area contributed by atoms with Crippen LogP contribution in [-0.4, -0.2) is 82.7 Å². The van der Waals surface area contributed by atoms with Crippen molar-refractivity contribution in [1.29, 1.82) is 0 Å². The third kappa shape index (κ3) is 3.23. The van der Waals surface area contributed by atoms with Crippen LogP contribution in [0.25, 0.3) is 0 Å². The number of amides is 3. The number of fused-ring (bicyclic) bond motifs is 2. The van der Waals surface area contributed by atoms with E-state index in [2.05, 4.69) is 0 Å². The summed E-state index contributed by atoms with van der Waals surface area (Å²) in [6, 6.07) is 5.35. The number of ether oxygens (including phenoxy) is 1. The lowest BCUT2D eigenvalue weighted by molar-refractivity contribution is -0.151. The van der Waals surface area contributed by atoms with Crippen LogP contribution in [0.15, 0.2) is 48.6 Å². The number of anilines is 1. The van der Waals surface area contributed by atoms with Gasteiger partial charge >= 0.3 is 0 Å². The van der Waals surface area contributed by atoms with E-state index in [9.17, 15) is 19.5 Å². The van der Waals surface area contributed by atoms with Crippen LogP contribution in [-0.2, 0) is 19.1 Å². The van der Waals surface area contributed by atoms with Crippen LogP contribution >= 0.6 is 11.6 Å². The van der Waals surface area contributed by atoms with Gasteiger partial charge in [0.05, 0.1) is 40.8 Å². The normalized spacial score (nSPS) is 35.1. The molecule has 9 heteroatoms. The van der Waals surface area contributed by atoms with Gasteiger partial charge in [-0.05, 0) is 25.5 Å². The van der Waals surface area contributed by atoms with Crippen molar-refractivity contribution in [3.05, 3.63) is 53.6 Å². The van der Waals surface area contributed by atoms with E-state index in [1.165, 1.54) is 4.90 Å². The van der Waals surface area contributed by atoms with Gasteiger partial charge in [-0.2, -0.15) is 0 Å². The smallest absolute Gasteiger partial charge is 0.253 e. The minimum Gasteiger partial charge on any atom is -0.394 e. The van der Waals surface area contributed by atoms with Gasteiger partial charge < -0.3 is 24.5 Å². The zero-order valence-electron chi connectivity index (χ0n) is 20.1. The first-order valence-electron chi connectivity index (χ1n) is 12.0. The average molecular weight is 500 g/mol. The van der Waals surface area contributed by atoms with E-state index in [1.807, 2.05) is 25.2 Å². The Bertz CT molecular complexity index is 1140. The van der Waals surface area contributed by atoms with Crippen molar-refractivity contribution in [2.75, 3.05) is 31.6 Å². The van der Waals surface area contributed by atoms with E-state index in [1.54, 1.807) is 54.1 Å². The third-order valence-corrected chi connectivity index (χ3v) is 8.28. The molecule has 1 spiro atoms. The summed E-state index contributed by atoms with van der Waals surface area (Å²) in [6.07, 6.45) is 7.88. The first-order valence-corrected chi connectivity index (χ1v) is 12.4. The molecule has 1 N–H and O–H groups in total. The topological polar surface area (TPSA) is 90.4 Å². The van der Waals surface area contributed by atoms with Gasteiger partial charge in [-0.1, -0.05) is 55.0 Å². The molecule has 186 valence electrons. The summed E-state index contributed by atoms with van der Waals surface area (Å²) in [7, 11) is 1.71. The van der Waals surface area contributed by atoms with E-state index in [0.717, 1.165) is 0 Å². The predicted molar refractivity (Wildman–Crippen MR) is 131 cm³/mol. The van der Waals surface area contributed by atoms with E-state index in [4.69, 9.17) is 16.3 Å². The Labute approximate surface area is 209 Å². The first kappa shape index (κ1) is 24.0. The second-order valence-corrected chi connectivity index (χ2v) is 10.2. The maximum absolute atomic E-state index is 14.3. The first-order chi connectivity index (χ1) is 16.7. The molecule has 4 aliphatic heterocycles. The number of likely N-dealkylation sites (N-methyl/N-ethyl adjacent to an activating group) is 1. The molecule has 2 fully saturated rings. The fourth-order valence-electron chi connectivity index (χ4n) is 6.27. The summed E-state index contributed by atoms with van der Waals surface area (Å²) in [5, 5.41) is 10.4. The van der Waals surface area contributed by atoms with Crippen LogP contribution in [0.5, 0.6) is 0 Å². The molecule has 2 saturated heterocycles. The number of aliphatic hydroxyl groups excluding tert-OH is 1. The molecule has 0 saturated carbocycles. The standard InChI is InChI=1S/C26H30ClN3O5/c1-4-25-11-7-13-28(3)22(32)19(25)20-23(33)30(16(2)15-31)21-24(34)29(14-8-12-26(20,21)35-25)18-10-6-5-9-17(18)27/h5-12,16,19-21,31H,4,13-15H2,1-3H3/t16-,19-,20+,21?,25+,26+/m1/s1. The van der Waals surface area contributed by atoms with Crippen molar-refractivity contribution < 1.29 is 24.2 Å². The second kappa shape index (κ2) is 8.47. The molecule has 3 amide bonds. The minimum absolute atomic E-state index is 0.183. The number of hydrogen-bond acceptors (Lipinski definition) is 5. The lowest BCUT2D eigenvalue weighted by Crippen LogP contribution is -2.58. The summed E-state index contributed by atoms with van der Waals surface area (Å²) in [6.45, 7) is 3.96. The summed E-state index contributed by atoms with van der Waals surface area (Å²) in [5.41, 5.74) is -1.84. The Kier molecular flexibility index (Phi) is 5.81. The van der Waals surface area contributed by atoms with Crippen molar-refractivity contribution >= 4 is 35.0 Å². The van der Waals surface area contributed by atoms with Crippen LogP contribution in [0.1, 0.15) is 20.3 Å². The highest BCUT2D eigenvalue weighted by molar-refractivity contribution is 6.34. The largest absolute Gasteiger partial charge is 0.394 e. The lowest BCUT2D eigenvalue weighted by Gasteiger charge is -2.40. The number of nitrogens with zero attached hydrogens (tertiary/aromatic N) is 3. The van der Waals surface area contributed by atoms with Crippen molar-refractivity contribution in [2.45, 2.75) is 43.6 Å². The van der Waals surface area contributed by atoms with Gasteiger partial charge in [0.1, 0.15) is 11.6 Å². The lowest BCUT2D eigenvalue weighted by atomic mass is 9.73. The molecule has 6 atom stereocenters. The fourth-order valence-corrected chi connectivity index (χ4v) is 6.51. The molecule has 8 nitrogen and oxygen atoms in total. The van der Waals surface area contributed by atoms with Gasteiger partial charge in [0, 0.05) is 20.1 Å². The van der Waals surface area contributed by atoms with Gasteiger partial charge in [0.2, 0.25) is 11.8 Å². The van der Waals surface area contributed by atoms with Crippen molar-refractivity contribution in [1.82, 2.24) is 9.80 Å². The number of carbonyl (C=O) groups is 3. The SMILES string of the molecule is CC[C@]12C=CCN(C)C(=O)[C@H]1[C@H]1C(=O)N([C@H](C)CO)C3C(=O)N(c4ccccc4Cl)CC=C[C@@]31O2. The van der Waals surface area contributed by atoms with Crippen LogP contribution in [0.4, 0.5) is 5.69 Å². The van der Waals surface area contributed by atoms with E-state index >= 15 is 0 Å². The number of para-hydroxylation sites is 1. The Balaban J connectivity index is 1.71. The molecular formula is C26H30ClN3O5. The van der Waals surface area contributed by atoms with Gasteiger partial charge in [0.15, 0.2) is 0 Å². The maximum Gasteiger partial charge on any atom is 0.253 e. The number of halogens is 1. The zero-order valence-corrected chi connectivity index (χ0v) is 20.8. The number of rotatable bonds is 4. The second-order valence-electron chi connectivity index (χ2n) is 9.82. The van der Waals surface area contributed by atoms with E-state index in [-0.39, 0.29) is 30.9 Å². The molecule has 4 aliphatic rings. The molecule has 0 aliphatic carbocycles. The summed E-state index contributed by atoms with van der Waals surface area (Å²) in [4.78, 5) is 46.6. The molecule has 4 heterocycles. The van der Waals surface area contributed by atoms with Crippen LogP contribution in [0.3, 0.4) is 0 Å². The fraction of sp³-hybridized carbons (Fsp3) is 0.500. The number of benzene rings is 1. The minimum atomic E-state index is -1.35. The molecule has 1 aromatic rings.